The van der Waals surface area contributed by atoms with E-state index in [9.17, 15) is 29.4 Å². The Kier molecular flexibility index (Phi) is 13.4. The summed E-state index contributed by atoms with van der Waals surface area (Å²) in [5.41, 5.74) is 6.37. The van der Waals surface area contributed by atoms with Gasteiger partial charge in [0.1, 0.15) is 11.1 Å². The number of ether oxygens (including phenoxy) is 2. The van der Waals surface area contributed by atoms with Crippen LogP contribution in [0.4, 0.5) is 0 Å². The first kappa shape index (κ1) is 38.7. The number of hydrogen-bond donors (Lipinski definition) is 4. The van der Waals surface area contributed by atoms with Crippen LogP contribution in [0.3, 0.4) is 0 Å². The van der Waals surface area contributed by atoms with E-state index in [-0.39, 0.29) is 50.7 Å². The number of nitrogens with one attached hydrogen (secondary N) is 2. The Morgan fingerprint density at radius 3 is 1.21 bits per heavy atom. The van der Waals surface area contributed by atoms with Gasteiger partial charge in [0.2, 0.25) is 11.8 Å². The Hall–Kier alpha value is -3.76. The standard InChI is InChI=1S/2C19H27NO4/c2*1-5-24-18(23)19(7-6-15(21)11-19)20-17(22)10-16-13(3)8-12(2)9-14(16)4/h2*8-9,15,21H,5-7,10-11H2,1-4H3,(H,20,22)/t15-,19+;15-,19-/m10/s1. The van der Waals surface area contributed by atoms with Crippen LogP contribution in [0.1, 0.15) is 96.9 Å². The molecular formula is C38H54N2O8. The average Bonchev–Trinajstić information content (AvgIpc) is 3.56. The molecule has 0 spiro atoms. The fourth-order valence-electron chi connectivity index (χ4n) is 7.20. The highest BCUT2D eigenvalue weighted by Crippen LogP contribution is 2.33. The number of benzene rings is 2. The second-order valence-electron chi connectivity index (χ2n) is 13.6. The lowest BCUT2D eigenvalue weighted by molar-refractivity contribution is -0.153. The van der Waals surface area contributed by atoms with Gasteiger partial charge in [-0.15, -0.1) is 0 Å². The highest BCUT2D eigenvalue weighted by Gasteiger charge is 2.48. The smallest absolute Gasteiger partial charge is 0.331 e. The minimum absolute atomic E-state index is 0.212. The van der Waals surface area contributed by atoms with Gasteiger partial charge in [-0.1, -0.05) is 35.4 Å². The molecule has 2 aromatic rings. The van der Waals surface area contributed by atoms with Crippen LogP contribution in [0.25, 0.3) is 0 Å². The van der Waals surface area contributed by atoms with Gasteiger partial charge in [0.15, 0.2) is 0 Å². The predicted molar refractivity (Wildman–Crippen MR) is 183 cm³/mol. The van der Waals surface area contributed by atoms with Crippen molar-refractivity contribution >= 4 is 23.8 Å². The third-order valence-electron chi connectivity index (χ3n) is 9.42. The Morgan fingerprint density at radius 2 is 0.958 bits per heavy atom. The van der Waals surface area contributed by atoms with Crippen molar-refractivity contribution in [3.63, 3.8) is 0 Å². The predicted octanol–water partition coefficient (Wildman–Crippen LogP) is 4.23. The number of aliphatic hydroxyl groups is 2. The van der Waals surface area contributed by atoms with E-state index in [1.165, 1.54) is 0 Å². The average molecular weight is 667 g/mol. The number of aliphatic hydroxyl groups excluding tert-OH is 2. The van der Waals surface area contributed by atoms with Crippen LogP contribution in [0.15, 0.2) is 24.3 Å². The topological polar surface area (TPSA) is 151 Å². The maximum Gasteiger partial charge on any atom is 0.331 e. The first-order chi connectivity index (χ1) is 22.5. The maximum absolute atomic E-state index is 12.6. The number of hydrogen-bond acceptors (Lipinski definition) is 8. The fraction of sp³-hybridized carbons (Fsp3) is 0.579. The molecule has 264 valence electrons. The van der Waals surface area contributed by atoms with Crippen LogP contribution in [0, 0.1) is 41.5 Å². The number of aryl methyl sites for hydroxylation is 6. The zero-order valence-electron chi connectivity index (χ0n) is 29.9. The molecule has 0 aromatic heterocycles. The summed E-state index contributed by atoms with van der Waals surface area (Å²) in [5, 5.41) is 25.4. The van der Waals surface area contributed by atoms with E-state index in [1.54, 1.807) is 13.8 Å². The first-order valence-corrected chi connectivity index (χ1v) is 17.0. The Balaban J connectivity index is 0.000000260. The van der Waals surface area contributed by atoms with Gasteiger partial charge in [0, 0.05) is 12.8 Å². The molecule has 2 fully saturated rings. The van der Waals surface area contributed by atoms with E-state index >= 15 is 0 Å². The number of carbonyl (C=O) groups is 4. The third-order valence-corrected chi connectivity index (χ3v) is 9.42. The van der Waals surface area contributed by atoms with Gasteiger partial charge in [-0.05, 0) is 114 Å². The molecule has 10 nitrogen and oxygen atoms in total. The number of esters is 2. The SMILES string of the molecule is CCOC(=O)[C@]1(NC(=O)Cc2c(C)cc(C)cc2C)CC[C@@H](O)C1.CCOC(=O)[C@]1(NC(=O)Cc2c(C)cc(C)cc2C)CC[C@H](O)C1. The van der Waals surface area contributed by atoms with E-state index < -0.39 is 35.2 Å². The van der Waals surface area contributed by atoms with Crippen molar-refractivity contribution < 1.29 is 38.9 Å². The molecule has 48 heavy (non-hydrogen) atoms. The monoisotopic (exact) mass is 666 g/mol. The lowest BCUT2D eigenvalue weighted by atomic mass is 9.94. The van der Waals surface area contributed by atoms with Crippen LogP contribution >= 0.6 is 0 Å². The fourth-order valence-corrected chi connectivity index (χ4v) is 7.20. The van der Waals surface area contributed by atoms with Crippen LogP contribution in [-0.4, -0.2) is 70.5 Å². The molecule has 0 saturated heterocycles. The molecule has 2 aromatic carbocycles. The van der Waals surface area contributed by atoms with E-state index in [1.807, 2.05) is 41.5 Å². The van der Waals surface area contributed by atoms with Gasteiger partial charge in [0.05, 0.1) is 38.3 Å². The number of amides is 2. The molecule has 0 unspecified atom stereocenters. The van der Waals surface area contributed by atoms with E-state index in [0.29, 0.717) is 25.7 Å². The molecule has 2 aliphatic rings. The molecule has 0 aliphatic heterocycles. The Labute approximate surface area is 285 Å². The summed E-state index contributed by atoms with van der Waals surface area (Å²) in [7, 11) is 0. The van der Waals surface area contributed by atoms with Gasteiger partial charge in [0.25, 0.3) is 0 Å². The highest BCUT2D eigenvalue weighted by molar-refractivity contribution is 5.90. The summed E-state index contributed by atoms with van der Waals surface area (Å²) < 4.78 is 10.3. The molecule has 4 atom stereocenters. The summed E-state index contributed by atoms with van der Waals surface area (Å²) in [6, 6.07) is 8.21. The van der Waals surface area contributed by atoms with E-state index in [2.05, 4.69) is 34.9 Å². The van der Waals surface area contributed by atoms with Gasteiger partial charge < -0.3 is 30.3 Å². The first-order valence-electron chi connectivity index (χ1n) is 17.0. The summed E-state index contributed by atoms with van der Waals surface area (Å²) in [6.45, 7) is 16.0. The van der Waals surface area contributed by atoms with Gasteiger partial charge in [-0.3, -0.25) is 9.59 Å². The summed E-state index contributed by atoms with van der Waals surface area (Å²) in [5.74, 6) is -1.33. The van der Waals surface area contributed by atoms with Gasteiger partial charge in [-0.2, -0.15) is 0 Å². The van der Waals surface area contributed by atoms with Crippen molar-refractivity contribution in [1.82, 2.24) is 10.6 Å². The molecular weight excluding hydrogens is 612 g/mol. The number of rotatable bonds is 10. The largest absolute Gasteiger partial charge is 0.464 e. The Morgan fingerprint density at radius 1 is 0.646 bits per heavy atom. The van der Waals surface area contributed by atoms with Crippen molar-refractivity contribution in [2.75, 3.05) is 13.2 Å². The maximum atomic E-state index is 12.6. The summed E-state index contributed by atoms with van der Waals surface area (Å²) >= 11 is 0. The molecule has 0 radical (unpaired) electrons. The van der Waals surface area contributed by atoms with Crippen molar-refractivity contribution in [3.05, 3.63) is 68.8 Å². The minimum atomic E-state index is -1.10. The lowest BCUT2D eigenvalue weighted by Gasteiger charge is -2.28. The molecule has 0 bridgehead atoms. The quantitative estimate of drug-likeness (QED) is 0.275. The second-order valence-corrected chi connectivity index (χ2v) is 13.6. The van der Waals surface area contributed by atoms with Gasteiger partial charge >= 0.3 is 11.9 Å². The number of carbonyl (C=O) groups excluding carboxylic acids is 4. The highest BCUT2D eigenvalue weighted by atomic mass is 16.5. The van der Waals surface area contributed by atoms with Crippen molar-refractivity contribution in [3.8, 4) is 0 Å². The third kappa shape index (κ3) is 9.66. The molecule has 0 heterocycles. The molecule has 4 N–H and O–H groups in total. The van der Waals surface area contributed by atoms with Crippen LogP contribution < -0.4 is 10.6 Å². The van der Waals surface area contributed by atoms with E-state index in [0.717, 1.165) is 44.5 Å². The van der Waals surface area contributed by atoms with E-state index in [4.69, 9.17) is 9.47 Å². The van der Waals surface area contributed by atoms with Crippen LogP contribution in [-0.2, 0) is 41.5 Å². The second kappa shape index (κ2) is 16.6. The van der Waals surface area contributed by atoms with Gasteiger partial charge in [-0.25, -0.2) is 9.59 Å². The van der Waals surface area contributed by atoms with Crippen molar-refractivity contribution in [2.24, 2.45) is 0 Å². The normalized spacial score (nSPS) is 23.1. The zero-order valence-corrected chi connectivity index (χ0v) is 29.9. The molecule has 2 aliphatic carbocycles. The molecule has 2 amide bonds. The minimum Gasteiger partial charge on any atom is -0.464 e. The molecule has 2 saturated carbocycles. The van der Waals surface area contributed by atoms with Crippen LogP contribution in [0.5, 0.6) is 0 Å². The van der Waals surface area contributed by atoms with Crippen molar-refractivity contribution in [2.45, 2.75) is 130 Å². The summed E-state index contributed by atoms with van der Waals surface area (Å²) in [4.78, 5) is 49.8. The van der Waals surface area contributed by atoms with Crippen molar-refractivity contribution in [1.29, 1.82) is 0 Å². The van der Waals surface area contributed by atoms with Crippen LogP contribution in [0.2, 0.25) is 0 Å². The molecule has 10 heteroatoms. The summed E-state index contributed by atoms with van der Waals surface area (Å²) in [6.07, 6.45) is 1.48. The Bertz CT molecular complexity index is 1350. The molecule has 4 rings (SSSR count). The zero-order chi connectivity index (χ0) is 35.8. The lowest BCUT2D eigenvalue weighted by Crippen LogP contribution is -2.54.